The highest BCUT2D eigenvalue weighted by atomic mass is 79.9. The normalized spacial score (nSPS) is 14.9. The van der Waals surface area contributed by atoms with Crippen LogP contribution in [0.15, 0.2) is 33.2 Å². The summed E-state index contributed by atoms with van der Waals surface area (Å²) in [5, 5.41) is 2.94. The van der Waals surface area contributed by atoms with Gasteiger partial charge in [-0.05, 0) is 47.5 Å². The molecule has 0 atom stereocenters. The van der Waals surface area contributed by atoms with Crippen LogP contribution < -0.4 is 10.1 Å². The number of carbonyl (C=O) groups is 1. The van der Waals surface area contributed by atoms with E-state index in [1.165, 1.54) is 0 Å². The molecule has 27 heavy (non-hydrogen) atoms. The quantitative estimate of drug-likeness (QED) is 0.721. The summed E-state index contributed by atoms with van der Waals surface area (Å²) in [6.07, 6.45) is 0. The molecular formula is C20H25BrN2O4. The fourth-order valence-corrected chi connectivity index (χ4v) is 3.59. The van der Waals surface area contributed by atoms with E-state index >= 15 is 0 Å². The number of morpholine rings is 1. The second-order valence-corrected chi connectivity index (χ2v) is 7.33. The van der Waals surface area contributed by atoms with Crippen LogP contribution in [0.4, 0.5) is 0 Å². The third kappa shape index (κ3) is 5.34. The van der Waals surface area contributed by atoms with Gasteiger partial charge in [0.15, 0.2) is 0 Å². The molecular weight excluding hydrogens is 412 g/mol. The maximum atomic E-state index is 12.5. The second kappa shape index (κ2) is 9.39. The predicted octanol–water partition coefficient (Wildman–Crippen LogP) is 3.30. The number of ether oxygens (including phenoxy) is 2. The van der Waals surface area contributed by atoms with Gasteiger partial charge < -0.3 is 19.2 Å². The van der Waals surface area contributed by atoms with Crippen LogP contribution in [0, 0.1) is 13.8 Å². The molecule has 2 heterocycles. The summed E-state index contributed by atoms with van der Waals surface area (Å²) in [6.45, 7) is 9.06. The first kappa shape index (κ1) is 19.9. The topological polar surface area (TPSA) is 63.9 Å². The molecule has 7 heteroatoms. The van der Waals surface area contributed by atoms with Crippen LogP contribution in [0.3, 0.4) is 0 Å². The summed E-state index contributed by atoms with van der Waals surface area (Å²) in [4.78, 5) is 14.8. The Labute approximate surface area is 167 Å². The highest BCUT2D eigenvalue weighted by molar-refractivity contribution is 9.10. The zero-order chi connectivity index (χ0) is 19.2. The summed E-state index contributed by atoms with van der Waals surface area (Å²) < 4.78 is 17.4. The average Bonchev–Trinajstić information content (AvgIpc) is 2.93. The third-order valence-electron chi connectivity index (χ3n) is 4.55. The van der Waals surface area contributed by atoms with Crippen LogP contribution in [0.25, 0.3) is 0 Å². The minimum atomic E-state index is -0.158. The Kier molecular flexibility index (Phi) is 6.93. The van der Waals surface area contributed by atoms with E-state index in [9.17, 15) is 4.79 Å². The van der Waals surface area contributed by atoms with Gasteiger partial charge in [-0.25, -0.2) is 0 Å². The first-order valence-electron chi connectivity index (χ1n) is 9.10. The Morgan fingerprint density at radius 3 is 2.74 bits per heavy atom. The van der Waals surface area contributed by atoms with E-state index in [0.29, 0.717) is 34.7 Å². The Morgan fingerprint density at radius 2 is 2.04 bits per heavy atom. The second-order valence-electron chi connectivity index (χ2n) is 6.54. The largest absolute Gasteiger partial charge is 0.492 e. The number of nitrogens with one attached hydrogen (secondary N) is 1. The van der Waals surface area contributed by atoms with Crippen molar-refractivity contribution in [2.24, 2.45) is 0 Å². The van der Waals surface area contributed by atoms with E-state index in [4.69, 9.17) is 13.9 Å². The van der Waals surface area contributed by atoms with Gasteiger partial charge in [-0.3, -0.25) is 9.69 Å². The van der Waals surface area contributed by atoms with E-state index in [1.54, 1.807) is 6.92 Å². The molecule has 1 fully saturated rings. The summed E-state index contributed by atoms with van der Waals surface area (Å²) >= 11 is 3.41. The highest BCUT2D eigenvalue weighted by Crippen LogP contribution is 2.27. The zero-order valence-electron chi connectivity index (χ0n) is 15.7. The SMILES string of the molecule is Cc1oc(C)c(C(=O)NCc2cccc(OCCN3CCOCC3)c2)c1Br. The van der Waals surface area contributed by atoms with Gasteiger partial charge in [0.25, 0.3) is 5.91 Å². The number of benzene rings is 1. The third-order valence-corrected chi connectivity index (χ3v) is 5.50. The number of hydrogen-bond donors (Lipinski definition) is 1. The van der Waals surface area contributed by atoms with E-state index in [1.807, 2.05) is 31.2 Å². The zero-order valence-corrected chi connectivity index (χ0v) is 17.3. The lowest BCUT2D eigenvalue weighted by molar-refractivity contribution is 0.0322. The Balaban J connectivity index is 1.50. The average molecular weight is 437 g/mol. The Morgan fingerprint density at radius 1 is 1.26 bits per heavy atom. The summed E-state index contributed by atoms with van der Waals surface area (Å²) in [7, 11) is 0. The van der Waals surface area contributed by atoms with Gasteiger partial charge in [0.2, 0.25) is 0 Å². The van der Waals surface area contributed by atoms with Crippen molar-refractivity contribution in [3.8, 4) is 5.75 Å². The van der Waals surface area contributed by atoms with Gasteiger partial charge in [-0.1, -0.05) is 12.1 Å². The van der Waals surface area contributed by atoms with Crippen molar-refractivity contribution in [3.05, 3.63) is 51.4 Å². The minimum absolute atomic E-state index is 0.158. The van der Waals surface area contributed by atoms with Crippen LogP contribution >= 0.6 is 15.9 Å². The molecule has 1 aromatic heterocycles. The Bertz CT molecular complexity index is 784. The lowest BCUT2D eigenvalue weighted by Gasteiger charge is -2.26. The van der Waals surface area contributed by atoms with Gasteiger partial charge in [0, 0.05) is 26.2 Å². The van der Waals surface area contributed by atoms with Crippen LogP contribution in [0.1, 0.15) is 27.4 Å². The van der Waals surface area contributed by atoms with Crippen LogP contribution in [-0.2, 0) is 11.3 Å². The fourth-order valence-electron chi connectivity index (χ4n) is 3.05. The van der Waals surface area contributed by atoms with Crippen molar-refractivity contribution >= 4 is 21.8 Å². The molecule has 0 radical (unpaired) electrons. The van der Waals surface area contributed by atoms with Crippen molar-refractivity contribution in [2.75, 3.05) is 39.5 Å². The number of nitrogens with zero attached hydrogens (tertiary/aromatic N) is 1. The molecule has 1 amide bonds. The summed E-state index contributed by atoms with van der Waals surface area (Å²) in [5.41, 5.74) is 1.53. The van der Waals surface area contributed by atoms with Crippen molar-refractivity contribution < 1.29 is 18.7 Å². The first-order chi connectivity index (χ1) is 13.0. The molecule has 1 saturated heterocycles. The van der Waals surface area contributed by atoms with Crippen molar-refractivity contribution in [1.82, 2.24) is 10.2 Å². The van der Waals surface area contributed by atoms with Crippen molar-refractivity contribution in [3.63, 3.8) is 0 Å². The maximum absolute atomic E-state index is 12.5. The fraction of sp³-hybridized carbons (Fsp3) is 0.450. The number of furan rings is 1. The molecule has 0 unspecified atom stereocenters. The standard InChI is InChI=1S/C20H25BrN2O4/c1-14-18(19(21)15(2)27-14)20(24)22-13-16-4-3-5-17(12-16)26-11-8-23-6-9-25-10-7-23/h3-5,12H,6-11,13H2,1-2H3,(H,22,24). The maximum Gasteiger partial charge on any atom is 0.256 e. The van der Waals surface area contributed by atoms with Gasteiger partial charge in [0.1, 0.15) is 23.9 Å². The number of hydrogen-bond acceptors (Lipinski definition) is 5. The molecule has 0 bridgehead atoms. The number of rotatable bonds is 7. The minimum Gasteiger partial charge on any atom is -0.492 e. The lowest BCUT2D eigenvalue weighted by Crippen LogP contribution is -2.38. The molecule has 3 rings (SSSR count). The molecule has 1 aromatic carbocycles. The van der Waals surface area contributed by atoms with Gasteiger partial charge >= 0.3 is 0 Å². The highest BCUT2D eigenvalue weighted by Gasteiger charge is 2.19. The molecule has 1 N–H and O–H groups in total. The molecule has 0 saturated carbocycles. The number of amides is 1. The van der Waals surface area contributed by atoms with Crippen molar-refractivity contribution in [1.29, 1.82) is 0 Å². The molecule has 2 aromatic rings. The number of halogens is 1. The first-order valence-corrected chi connectivity index (χ1v) is 9.89. The van der Waals surface area contributed by atoms with Gasteiger partial charge in [-0.2, -0.15) is 0 Å². The Hall–Kier alpha value is -1.83. The smallest absolute Gasteiger partial charge is 0.256 e. The summed E-state index contributed by atoms with van der Waals surface area (Å²) in [6, 6.07) is 7.80. The van der Waals surface area contributed by atoms with Crippen LogP contribution in [0.5, 0.6) is 5.75 Å². The molecule has 6 nitrogen and oxygen atoms in total. The molecule has 1 aliphatic heterocycles. The van der Waals surface area contributed by atoms with E-state index in [-0.39, 0.29) is 5.91 Å². The molecule has 0 aliphatic carbocycles. The van der Waals surface area contributed by atoms with Gasteiger partial charge in [-0.15, -0.1) is 0 Å². The number of carbonyl (C=O) groups excluding carboxylic acids is 1. The molecule has 0 spiro atoms. The monoisotopic (exact) mass is 436 g/mol. The molecule has 146 valence electrons. The lowest BCUT2D eigenvalue weighted by atomic mass is 10.2. The van der Waals surface area contributed by atoms with Gasteiger partial charge in [0.05, 0.1) is 23.2 Å². The van der Waals surface area contributed by atoms with E-state index in [2.05, 4.69) is 26.1 Å². The predicted molar refractivity (Wildman–Crippen MR) is 106 cm³/mol. The summed E-state index contributed by atoms with van der Waals surface area (Å²) in [5.74, 6) is 1.96. The number of aryl methyl sites for hydroxylation is 2. The van der Waals surface area contributed by atoms with Crippen LogP contribution in [0.2, 0.25) is 0 Å². The van der Waals surface area contributed by atoms with E-state index < -0.39 is 0 Å². The molecule has 1 aliphatic rings. The van der Waals surface area contributed by atoms with E-state index in [0.717, 1.165) is 44.2 Å². The van der Waals surface area contributed by atoms with Crippen molar-refractivity contribution in [2.45, 2.75) is 20.4 Å². The van der Waals surface area contributed by atoms with Crippen LogP contribution in [-0.4, -0.2) is 50.3 Å².